The molecule has 0 amide bonds. The van der Waals surface area contributed by atoms with Gasteiger partial charge in [0.15, 0.2) is 0 Å². The highest BCUT2D eigenvalue weighted by Gasteiger charge is 2.12. The van der Waals surface area contributed by atoms with Crippen LogP contribution in [0.4, 0.5) is 0 Å². The zero-order chi connectivity index (χ0) is 13.8. The van der Waals surface area contributed by atoms with E-state index in [9.17, 15) is 5.11 Å². The second-order valence-electron chi connectivity index (χ2n) is 4.39. The van der Waals surface area contributed by atoms with Crippen molar-refractivity contribution in [2.75, 3.05) is 7.11 Å². The van der Waals surface area contributed by atoms with E-state index in [2.05, 4.69) is 10.3 Å². The second kappa shape index (κ2) is 6.04. The van der Waals surface area contributed by atoms with Crippen LogP contribution in [-0.2, 0) is 6.54 Å². The number of rotatable bonds is 5. The van der Waals surface area contributed by atoms with E-state index in [1.165, 1.54) is 4.88 Å². The number of methoxy groups -OCH3 is 1. The van der Waals surface area contributed by atoms with Crippen LogP contribution in [0, 0.1) is 6.92 Å². The molecule has 19 heavy (non-hydrogen) atoms. The van der Waals surface area contributed by atoms with E-state index in [0.29, 0.717) is 6.54 Å². The lowest BCUT2D eigenvalue weighted by atomic mass is 10.1. The molecule has 1 unspecified atom stereocenters. The summed E-state index contributed by atoms with van der Waals surface area (Å²) in [4.78, 5) is 5.51. The van der Waals surface area contributed by atoms with Crippen LogP contribution in [0.25, 0.3) is 0 Å². The fraction of sp³-hybridized carbons (Fsp3) is 0.357. The van der Waals surface area contributed by atoms with Crippen molar-refractivity contribution in [2.45, 2.75) is 26.4 Å². The van der Waals surface area contributed by atoms with Crippen molar-refractivity contribution in [3.05, 3.63) is 39.8 Å². The Morgan fingerprint density at radius 3 is 2.89 bits per heavy atom. The first kappa shape index (κ1) is 13.8. The first-order valence-corrected chi connectivity index (χ1v) is 6.93. The van der Waals surface area contributed by atoms with Crippen LogP contribution in [-0.4, -0.2) is 17.2 Å². The first-order valence-electron chi connectivity index (χ1n) is 6.11. The molecule has 0 aliphatic carbocycles. The van der Waals surface area contributed by atoms with Crippen LogP contribution in [0.1, 0.15) is 28.4 Å². The summed E-state index contributed by atoms with van der Waals surface area (Å²) < 4.78 is 5.18. The minimum Gasteiger partial charge on any atom is -0.508 e. The van der Waals surface area contributed by atoms with Gasteiger partial charge >= 0.3 is 0 Å². The van der Waals surface area contributed by atoms with Crippen molar-refractivity contribution in [3.63, 3.8) is 0 Å². The van der Waals surface area contributed by atoms with Crippen molar-refractivity contribution in [2.24, 2.45) is 0 Å². The molecule has 102 valence electrons. The van der Waals surface area contributed by atoms with Gasteiger partial charge in [-0.1, -0.05) is 0 Å². The molecule has 1 heterocycles. The summed E-state index contributed by atoms with van der Waals surface area (Å²) in [6.07, 6.45) is 1.87. The number of hydrogen-bond acceptors (Lipinski definition) is 5. The van der Waals surface area contributed by atoms with Gasteiger partial charge in [-0.15, -0.1) is 11.3 Å². The van der Waals surface area contributed by atoms with Crippen LogP contribution < -0.4 is 10.1 Å². The average molecular weight is 278 g/mol. The standard InChI is InChI=1S/C14H18N2O2S/c1-9-7-16-14(19-9)8-15-10(2)12-6-11(18-3)4-5-13(12)17/h4-7,10,15,17H,8H2,1-3H3. The molecule has 0 saturated heterocycles. The highest BCUT2D eigenvalue weighted by Crippen LogP contribution is 2.28. The molecule has 0 spiro atoms. The summed E-state index contributed by atoms with van der Waals surface area (Å²) in [6, 6.07) is 5.27. The Morgan fingerprint density at radius 1 is 1.47 bits per heavy atom. The van der Waals surface area contributed by atoms with Gasteiger partial charge in [0.1, 0.15) is 16.5 Å². The van der Waals surface area contributed by atoms with Crippen LogP contribution in [0.3, 0.4) is 0 Å². The Labute approximate surface area is 117 Å². The summed E-state index contributed by atoms with van der Waals surface area (Å²) in [5.74, 6) is 1.02. The highest BCUT2D eigenvalue weighted by molar-refractivity contribution is 7.11. The number of aromatic hydroxyl groups is 1. The van der Waals surface area contributed by atoms with E-state index in [4.69, 9.17) is 4.74 Å². The predicted octanol–water partition coefficient (Wildman–Crippen LogP) is 3.02. The average Bonchev–Trinajstić information content (AvgIpc) is 2.82. The largest absolute Gasteiger partial charge is 0.508 e. The maximum absolute atomic E-state index is 9.89. The van der Waals surface area contributed by atoms with Gasteiger partial charge in [0.05, 0.1) is 7.11 Å². The number of phenols is 1. The Balaban J connectivity index is 2.04. The van der Waals surface area contributed by atoms with E-state index in [1.54, 1.807) is 30.6 Å². The molecule has 2 aromatic rings. The van der Waals surface area contributed by atoms with Gasteiger partial charge < -0.3 is 15.2 Å². The summed E-state index contributed by atoms with van der Waals surface area (Å²) in [7, 11) is 1.62. The number of phenolic OH excluding ortho intramolecular Hbond substituents is 1. The summed E-state index contributed by atoms with van der Waals surface area (Å²) in [5.41, 5.74) is 0.827. The maximum Gasteiger partial charge on any atom is 0.120 e. The molecule has 0 saturated carbocycles. The second-order valence-corrected chi connectivity index (χ2v) is 5.71. The smallest absolute Gasteiger partial charge is 0.120 e. The number of nitrogens with zero attached hydrogens (tertiary/aromatic N) is 1. The fourth-order valence-corrected chi connectivity index (χ4v) is 2.58. The van der Waals surface area contributed by atoms with Gasteiger partial charge in [-0.25, -0.2) is 4.98 Å². The molecule has 2 N–H and O–H groups in total. The zero-order valence-corrected chi connectivity index (χ0v) is 12.1. The van der Waals surface area contributed by atoms with Crippen molar-refractivity contribution in [3.8, 4) is 11.5 Å². The van der Waals surface area contributed by atoms with Gasteiger partial charge in [-0.3, -0.25) is 0 Å². The van der Waals surface area contributed by atoms with Crippen molar-refractivity contribution < 1.29 is 9.84 Å². The van der Waals surface area contributed by atoms with E-state index < -0.39 is 0 Å². The van der Waals surface area contributed by atoms with Crippen LogP contribution in [0.5, 0.6) is 11.5 Å². The number of ether oxygens (including phenoxy) is 1. The lowest BCUT2D eigenvalue weighted by Gasteiger charge is -2.15. The molecule has 2 rings (SSSR count). The molecular formula is C14H18N2O2S. The monoisotopic (exact) mass is 278 g/mol. The third-order valence-electron chi connectivity index (χ3n) is 2.93. The third-order valence-corrected chi connectivity index (χ3v) is 3.84. The summed E-state index contributed by atoms with van der Waals surface area (Å²) in [5, 5.41) is 14.3. The molecule has 1 aromatic heterocycles. The molecule has 0 aliphatic rings. The van der Waals surface area contributed by atoms with Crippen molar-refractivity contribution in [1.82, 2.24) is 10.3 Å². The third kappa shape index (κ3) is 3.45. The lowest BCUT2D eigenvalue weighted by molar-refractivity contribution is 0.407. The van der Waals surface area contributed by atoms with Gasteiger partial charge in [0.25, 0.3) is 0 Å². The molecule has 1 aromatic carbocycles. The molecule has 0 bridgehead atoms. The fourth-order valence-electron chi connectivity index (χ4n) is 1.84. The minimum absolute atomic E-state index is 0.0271. The van der Waals surface area contributed by atoms with Crippen LogP contribution in [0.15, 0.2) is 24.4 Å². The Kier molecular flexibility index (Phi) is 4.39. The molecule has 5 heteroatoms. The Morgan fingerprint density at radius 2 is 2.26 bits per heavy atom. The predicted molar refractivity (Wildman–Crippen MR) is 76.8 cm³/mol. The molecule has 4 nitrogen and oxygen atoms in total. The number of thiazole rings is 1. The van der Waals surface area contributed by atoms with Crippen molar-refractivity contribution in [1.29, 1.82) is 0 Å². The Bertz CT molecular complexity index is 554. The molecule has 1 atom stereocenters. The van der Waals surface area contributed by atoms with Crippen molar-refractivity contribution >= 4 is 11.3 Å². The van der Waals surface area contributed by atoms with E-state index in [-0.39, 0.29) is 11.8 Å². The number of benzene rings is 1. The van der Waals surface area contributed by atoms with Gasteiger partial charge in [0, 0.05) is 29.2 Å². The summed E-state index contributed by atoms with van der Waals surface area (Å²) in [6.45, 7) is 4.74. The van der Waals surface area contributed by atoms with Crippen LogP contribution >= 0.6 is 11.3 Å². The highest BCUT2D eigenvalue weighted by atomic mass is 32.1. The van der Waals surface area contributed by atoms with Gasteiger partial charge in [0.2, 0.25) is 0 Å². The Hall–Kier alpha value is -1.59. The summed E-state index contributed by atoms with van der Waals surface area (Å²) >= 11 is 1.68. The number of aryl methyl sites for hydroxylation is 1. The van der Waals surface area contributed by atoms with Crippen LogP contribution in [0.2, 0.25) is 0 Å². The molecule has 0 radical (unpaired) electrons. The molecule has 0 fully saturated rings. The van der Waals surface area contributed by atoms with E-state index >= 15 is 0 Å². The maximum atomic E-state index is 9.89. The topological polar surface area (TPSA) is 54.4 Å². The quantitative estimate of drug-likeness (QED) is 0.882. The normalized spacial score (nSPS) is 12.4. The lowest BCUT2D eigenvalue weighted by Crippen LogP contribution is -2.18. The number of aromatic nitrogens is 1. The zero-order valence-electron chi connectivity index (χ0n) is 11.3. The van der Waals surface area contributed by atoms with Gasteiger partial charge in [-0.2, -0.15) is 0 Å². The SMILES string of the molecule is COc1ccc(O)c(C(C)NCc2ncc(C)s2)c1. The molecular weight excluding hydrogens is 260 g/mol. The number of nitrogens with one attached hydrogen (secondary N) is 1. The number of hydrogen-bond donors (Lipinski definition) is 2. The molecule has 0 aliphatic heterocycles. The van der Waals surface area contributed by atoms with Gasteiger partial charge in [-0.05, 0) is 32.0 Å². The minimum atomic E-state index is 0.0271. The van der Waals surface area contributed by atoms with E-state index in [1.807, 2.05) is 26.1 Å². The first-order chi connectivity index (χ1) is 9.10. The van der Waals surface area contributed by atoms with E-state index in [0.717, 1.165) is 16.3 Å².